The highest BCUT2D eigenvalue weighted by Gasteiger charge is 2.25. The van der Waals surface area contributed by atoms with Crippen molar-refractivity contribution in [3.8, 4) is 5.75 Å². The molecule has 0 aliphatic heterocycles. The molecule has 3 rings (SSSR count). The predicted octanol–water partition coefficient (Wildman–Crippen LogP) is 3.15. The van der Waals surface area contributed by atoms with Gasteiger partial charge < -0.3 is 4.74 Å². The minimum atomic E-state index is -3.93. The molecule has 0 aliphatic rings. The van der Waals surface area contributed by atoms with Crippen LogP contribution < -0.4 is 14.8 Å². The third-order valence-electron chi connectivity index (χ3n) is 4.11. The van der Waals surface area contributed by atoms with Gasteiger partial charge >= 0.3 is 0 Å². The number of para-hydroxylation sites is 1. The van der Waals surface area contributed by atoms with Crippen molar-refractivity contribution in [1.29, 1.82) is 0 Å². The van der Waals surface area contributed by atoms with E-state index in [1.165, 1.54) is 7.11 Å². The molecule has 1 atom stereocenters. The monoisotopic (exact) mass is 432 g/mol. The summed E-state index contributed by atoms with van der Waals surface area (Å²) in [6.07, 6.45) is 0. The molecule has 0 fully saturated rings. The first kappa shape index (κ1) is 20.9. The van der Waals surface area contributed by atoms with Crippen molar-refractivity contribution in [3.63, 3.8) is 0 Å². The van der Waals surface area contributed by atoms with E-state index in [4.69, 9.17) is 4.74 Å². The van der Waals surface area contributed by atoms with Crippen molar-refractivity contribution in [2.75, 3.05) is 12.4 Å². The molecule has 3 aromatic rings. The van der Waals surface area contributed by atoms with E-state index >= 15 is 0 Å². The normalized spacial score (nSPS) is 12.4. The van der Waals surface area contributed by atoms with Gasteiger partial charge in [-0.15, -0.1) is 10.2 Å². The molecule has 8 nitrogen and oxygen atoms in total. The van der Waals surface area contributed by atoms with Crippen molar-refractivity contribution in [2.24, 2.45) is 0 Å². The number of rotatable bonds is 7. The molecular weight excluding hydrogens is 412 g/mol. The number of aryl methyl sites for hydroxylation is 1. The number of aromatic nitrogens is 2. The maximum Gasteiger partial charge on any atom is 0.270 e. The Morgan fingerprint density at radius 1 is 1.10 bits per heavy atom. The molecule has 0 saturated carbocycles. The highest BCUT2D eigenvalue weighted by atomic mass is 32.2. The molecule has 2 N–H and O–H groups in total. The summed E-state index contributed by atoms with van der Waals surface area (Å²) < 4.78 is 32.9. The lowest BCUT2D eigenvalue weighted by molar-refractivity contribution is 0.102. The summed E-state index contributed by atoms with van der Waals surface area (Å²) in [5, 5.41) is 10.1. The quantitative estimate of drug-likeness (QED) is 0.555. The largest absolute Gasteiger partial charge is 0.496 e. The molecule has 0 unspecified atom stereocenters. The van der Waals surface area contributed by atoms with Crippen LogP contribution in [-0.4, -0.2) is 31.6 Å². The van der Waals surface area contributed by atoms with Gasteiger partial charge in [-0.2, -0.15) is 0 Å². The van der Waals surface area contributed by atoms with Gasteiger partial charge in [0.15, 0.2) is 0 Å². The van der Waals surface area contributed by atoms with Crippen LogP contribution in [-0.2, 0) is 10.0 Å². The fourth-order valence-electron chi connectivity index (χ4n) is 2.61. The minimum Gasteiger partial charge on any atom is -0.496 e. The molecule has 1 heterocycles. The fourth-order valence-corrected chi connectivity index (χ4v) is 4.75. The Hall–Kier alpha value is -2.82. The van der Waals surface area contributed by atoms with E-state index in [1.807, 2.05) is 19.1 Å². The van der Waals surface area contributed by atoms with Gasteiger partial charge in [0.25, 0.3) is 15.9 Å². The third kappa shape index (κ3) is 4.97. The number of ether oxygens (including phenoxy) is 1. The summed E-state index contributed by atoms with van der Waals surface area (Å²) in [4.78, 5) is 12.3. The van der Waals surface area contributed by atoms with E-state index in [0.29, 0.717) is 16.9 Å². The Morgan fingerprint density at radius 2 is 1.79 bits per heavy atom. The average molecular weight is 433 g/mol. The predicted molar refractivity (Wildman–Crippen MR) is 111 cm³/mol. The number of sulfonamides is 1. The molecule has 0 aliphatic carbocycles. The van der Waals surface area contributed by atoms with Gasteiger partial charge in [-0.25, -0.2) is 13.1 Å². The highest BCUT2D eigenvalue weighted by Crippen LogP contribution is 2.27. The standard InChI is InChI=1S/C19H20N4O4S2/c1-12-8-10-14(11-9-12)17(24)20-18-21-22-19(28-18)29(25,26)23-13(2)15-6-4-5-7-16(15)27-3/h4-11,13,23H,1-3H3,(H,20,21,24)/t13-/m1/s1. The lowest BCUT2D eigenvalue weighted by Gasteiger charge is -2.16. The number of carbonyl (C=O) groups excluding carboxylic acids is 1. The zero-order valence-electron chi connectivity index (χ0n) is 16.0. The van der Waals surface area contributed by atoms with E-state index < -0.39 is 16.1 Å². The molecule has 0 saturated heterocycles. The second kappa shape index (κ2) is 8.68. The molecule has 29 heavy (non-hydrogen) atoms. The lowest BCUT2D eigenvalue weighted by Crippen LogP contribution is -2.27. The van der Waals surface area contributed by atoms with Crippen LogP contribution >= 0.6 is 11.3 Å². The number of hydrogen-bond donors (Lipinski definition) is 2. The van der Waals surface area contributed by atoms with Gasteiger partial charge in [-0.05, 0) is 32.0 Å². The molecule has 152 valence electrons. The first-order chi connectivity index (χ1) is 13.8. The zero-order chi connectivity index (χ0) is 21.0. The third-order valence-corrected chi connectivity index (χ3v) is 6.85. The Morgan fingerprint density at radius 3 is 2.48 bits per heavy atom. The molecular formula is C19H20N4O4S2. The number of anilines is 1. The van der Waals surface area contributed by atoms with Crippen LogP contribution in [0.15, 0.2) is 52.9 Å². The maximum absolute atomic E-state index is 12.7. The molecule has 2 aromatic carbocycles. The number of amides is 1. The van der Waals surface area contributed by atoms with Crippen molar-refractivity contribution < 1.29 is 17.9 Å². The Balaban J connectivity index is 1.73. The molecule has 0 spiro atoms. The van der Waals surface area contributed by atoms with Gasteiger partial charge in [0.05, 0.1) is 7.11 Å². The van der Waals surface area contributed by atoms with Crippen LogP contribution in [0, 0.1) is 6.92 Å². The minimum absolute atomic E-state index is 0.0981. The average Bonchev–Trinajstić information content (AvgIpc) is 3.17. The van der Waals surface area contributed by atoms with Gasteiger partial charge in [-0.3, -0.25) is 10.1 Å². The molecule has 0 radical (unpaired) electrons. The van der Waals surface area contributed by atoms with E-state index in [2.05, 4.69) is 20.2 Å². The van der Waals surface area contributed by atoms with Crippen molar-refractivity contribution in [2.45, 2.75) is 24.2 Å². The van der Waals surface area contributed by atoms with E-state index in [9.17, 15) is 13.2 Å². The van der Waals surface area contributed by atoms with Gasteiger partial charge in [0.2, 0.25) is 9.47 Å². The van der Waals surface area contributed by atoms with Crippen molar-refractivity contribution in [1.82, 2.24) is 14.9 Å². The summed E-state index contributed by atoms with van der Waals surface area (Å²) >= 11 is 0.777. The summed E-state index contributed by atoms with van der Waals surface area (Å²) in [7, 11) is -2.41. The van der Waals surface area contributed by atoms with Gasteiger partial charge in [0.1, 0.15) is 5.75 Å². The summed E-state index contributed by atoms with van der Waals surface area (Å²) in [6.45, 7) is 3.62. The van der Waals surface area contributed by atoms with Crippen LogP contribution in [0.4, 0.5) is 5.13 Å². The smallest absolute Gasteiger partial charge is 0.270 e. The number of nitrogens with zero attached hydrogens (tertiary/aromatic N) is 2. The number of nitrogens with one attached hydrogen (secondary N) is 2. The number of carbonyl (C=O) groups is 1. The highest BCUT2D eigenvalue weighted by molar-refractivity contribution is 7.91. The van der Waals surface area contributed by atoms with Crippen LogP contribution in [0.5, 0.6) is 5.75 Å². The second-order valence-electron chi connectivity index (χ2n) is 6.28. The Labute approximate surface area is 173 Å². The molecule has 10 heteroatoms. The van der Waals surface area contributed by atoms with Gasteiger partial charge in [-0.1, -0.05) is 47.2 Å². The van der Waals surface area contributed by atoms with Gasteiger partial charge in [0, 0.05) is 17.2 Å². The summed E-state index contributed by atoms with van der Waals surface area (Å²) in [5.74, 6) is 0.187. The number of methoxy groups -OCH3 is 1. The SMILES string of the molecule is COc1ccccc1[C@@H](C)NS(=O)(=O)c1nnc(NC(=O)c2ccc(C)cc2)s1. The first-order valence-electron chi connectivity index (χ1n) is 8.67. The first-order valence-corrected chi connectivity index (χ1v) is 11.0. The van der Waals surface area contributed by atoms with E-state index in [1.54, 1.807) is 43.3 Å². The van der Waals surface area contributed by atoms with E-state index in [0.717, 1.165) is 16.9 Å². The number of hydrogen-bond acceptors (Lipinski definition) is 7. The maximum atomic E-state index is 12.7. The number of benzene rings is 2. The van der Waals surface area contributed by atoms with Crippen LogP contribution in [0.25, 0.3) is 0 Å². The topological polar surface area (TPSA) is 110 Å². The van der Waals surface area contributed by atoms with Crippen molar-refractivity contribution >= 4 is 32.4 Å². The Bertz CT molecular complexity index is 1110. The second-order valence-corrected chi connectivity index (χ2v) is 9.14. The van der Waals surface area contributed by atoms with Crippen LogP contribution in [0.1, 0.15) is 34.5 Å². The molecule has 1 aromatic heterocycles. The molecule has 0 bridgehead atoms. The van der Waals surface area contributed by atoms with Crippen molar-refractivity contribution in [3.05, 3.63) is 65.2 Å². The Kier molecular flexibility index (Phi) is 6.26. The van der Waals surface area contributed by atoms with Crippen LogP contribution in [0.3, 0.4) is 0 Å². The lowest BCUT2D eigenvalue weighted by atomic mass is 10.1. The summed E-state index contributed by atoms with van der Waals surface area (Å²) in [5.41, 5.74) is 2.16. The summed E-state index contributed by atoms with van der Waals surface area (Å²) in [6, 6.07) is 13.6. The molecule has 1 amide bonds. The van der Waals surface area contributed by atoms with E-state index in [-0.39, 0.29) is 15.4 Å². The van der Waals surface area contributed by atoms with Crippen LogP contribution in [0.2, 0.25) is 0 Å². The zero-order valence-corrected chi connectivity index (χ0v) is 17.7. The fraction of sp³-hybridized carbons (Fsp3) is 0.211.